The molecule has 0 radical (unpaired) electrons. The van der Waals surface area contributed by atoms with Gasteiger partial charge in [-0.25, -0.2) is 4.98 Å². The molecule has 0 aliphatic carbocycles. The fourth-order valence-corrected chi connectivity index (χ4v) is 2.31. The van der Waals surface area contributed by atoms with Crippen LogP contribution in [0.15, 0.2) is 47.2 Å². The number of aromatic nitrogens is 1. The van der Waals surface area contributed by atoms with Gasteiger partial charge in [0.25, 0.3) is 0 Å². The van der Waals surface area contributed by atoms with Crippen molar-refractivity contribution in [2.24, 2.45) is 0 Å². The van der Waals surface area contributed by atoms with E-state index in [1.54, 1.807) is 7.11 Å². The summed E-state index contributed by atoms with van der Waals surface area (Å²) >= 11 is 0. The van der Waals surface area contributed by atoms with Crippen molar-refractivity contribution in [3.05, 3.63) is 53.9 Å². The van der Waals surface area contributed by atoms with E-state index in [1.165, 1.54) is 6.39 Å². The van der Waals surface area contributed by atoms with Crippen molar-refractivity contribution in [1.82, 2.24) is 4.98 Å². The van der Waals surface area contributed by atoms with Crippen LogP contribution in [0, 0.1) is 6.92 Å². The van der Waals surface area contributed by atoms with Crippen LogP contribution in [0.5, 0.6) is 5.75 Å². The van der Waals surface area contributed by atoms with E-state index < -0.39 is 0 Å². The molecule has 0 spiro atoms. The fraction of sp³-hybridized carbons (Fsp3) is 0.176. The summed E-state index contributed by atoms with van der Waals surface area (Å²) in [5.41, 5.74) is 4.06. The van der Waals surface area contributed by atoms with Gasteiger partial charge < -0.3 is 14.5 Å². The van der Waals surface area contributed by atoms with E-state index in [-0.39, 0.29) is 12.3 Å². The largest absolute Gasteiger partial charge is 0.495 e. The minimum absolute atomic E-state index is 0.109. The number of hydrogen-bond acceptors (Lipinski definition) is 4. The van der Waals surface area contributed by atoms with Gasteiger partial charge in [0.15, 0.2) is 12.0 Å². The Morgan fingerprint density at radius 2 is 2.14 bits per heavy atom. The molecule has 3 aromatic rings. The summed E-state index contributed by atoms with van der Waals surface area (Å²) in [6.45, 7) is 1.97. The van der Waals surface area contributed by atoms with Crippen LogP contribution in [-0.4, -0.2) is 18.0 Å². The van der Waals surface area contributed by atoms with Crippen molar-refractivity contribution < 1.29 is 13.9 Å². The molecule has 0 bridgehead atoms. The highest BCUT2D eigenvalue weighted by atomic mass is 16.5. The molecular weight excluding hydrogens is 280 g/mol. The van der Waals surface area contributed by atoms with Crippen molar-refractivity contribution in [2.45, 2.75) is 13.3 Å². The molecule has 1 heterocycles. The Hall–Kier alpha value is -2.82. The second kappa shape index (κ2) is 5.89. The summed E-state index contributed by atoms with van der Waals surface area (Å²) in [5, 5.41) is 2.88. The van der Waals surface area contributed by atoms with Crippen molar-refractivity contribution in [1.29, 1.82) is 0 Å². The Morgan fingerprint density at radius 3 is 2.95 bits per heavy atom. The molecule has 22 heavy (non-hydrogen) atoms. The SMILES string of the molecule is COc1ccc(C)cc1NC(=O)Cc1ccc2ncoc2c1. The molecule has 1 N–H and O–H groups in total. The van der Waals surface area contributed by atoms with Crippen LogP contribution < -0.4 is 10.1 Å². The Balaban J connectivity index is 1.76. The summed E-state index contributed by atoms with van der Waals surface area (Å²) in [5.74, 6) is 0.535. The molecule has 112 valence electrons. The van der Waals surface area contributed by atoms with Crippen LogP contribution in [0.2, 0.25) is 0 Å². The molecule has 0 aliphatic heterocycles. The van der Waals surface area contributed by atoms with Crippen LogP contribution in [-0.2, 0) is 11.2 Å². The lowest BCUT2D eigenvalue weighted by atomic mass is 10.1. The maximum absolute atomic E-state index is 12.2. The number of carbonyl (C=O) groups is 1. The third kappa shape index (κ3) is 2.93. The minimum Gasteiger partial charge on any atom is -0.495 e. The number of benzene rings is 2. The molecule has 0 saturated heterocycles. The molecule has 3 rings (SSSR count). The Kier molecular flexibility index (Phi) is 3.78. The molecule has 1 aromatic heterocycles. The molecular formula is C17H16N2O3. The van der Waals surface area contributed by atoms with Gasteiger partial charge >= 0.3 is 0 Å². The van der Waals surface area contributed by atoms with E-state index in [0.29, 0.717) is 17.0 Å². The first-order valence-corrected chi connectivity index (χ1v) is 6.92. The van der Waals surface area contributed by atoms with Crippen molar-refractivity contribution >= 4 is 22.7 Å². The highest BCUT2D eigenvalue weighted by Gasteiger charge is 2.10. The number of fused-ring (bicyclic) bond motifs is 1. The smallest absolute Gasteiger partial charge is 0.228 e. The Bertz CT molecular complexity index is 824. The van der Waals surface area contributed by atoms with Crippen molar-refractivity contribution in [3.8, 4) is 5.75 Å². The monoisotopic (exact) mass is 296 g/mol. The van der Waals surface area contributed by atoms with E-state index in [9.17, 15) is 4.79 Å². The zero-order chi connectivity index (χ0) is 15.5. The molecule has 0 aliphatic rings. The Morgan fingerprint density at radius 1 is 1.27 bits per heavy atom. The first kappa shape index (κ1) is 14.1. The number of aryl methyl sites for hydroxylation is 1. The lowest BCUT2D eigenvalue weighted by Gasteiger charge is -2.11. The summed E-state index contributed by atoms with van der Waals surface area (Å²) in [6.07, 6.45) is 1.65. The maximum atomic E-state index is 12.2. The number of nitrogens with one attached hydrogen (secondary N) is 1. The van der Waals surface area contributed by atoms with Gasteiger partial charge in [0.05, 0.1) is 19.2 Å². The van der Waals surface area contributed by atoms with E-state index >= 15 is 0 Å². The van der Waals surface area contributed by atoms with Crippen LogP contribution in [0.4, 0.5) is 5.69 Å². The predicted molar refractivity (Wildman–Crippen MR) is 84.1 cm³/mol. The first-order chi connectivity index (χ1) is 10.7. The fourth-order valence-electron chi connectivity index (χ4n) is 2.31. The molecule has 0 unspecified atom stereocenters. The molecule has 0 fully saturated rings. The van der Waals surface area contributed by atoms with Gasteiger partial charge in [-0.05, 0) is 42.3 Å². The minimum atomic E-state index is -0.109. The first-order valence-electron chi connectivity index (χ1n) is 6.92. The summed E-state index contributed by atoms with van der Waals surface area (Å²) in [7, 11) is 1.58. The van der Waals surface area contributed by atoms with Crippen LogP contribution >= 0.6 is 0 Å². The summed E-state index contributed by atoms with van der Waals surface area (Å²) < 4.78 is 10.5. The van der Waals surface area contributed by atoms with Gasteiger partial charge in [-0.15, -0.1) is 0 Å². The van der Waals surface area contributed by atoms with Crippen molar-refractivity contribution in [3.63, 3.8) is 0 Å². The number of hydrogen-bond donors (Lipinski definition) is 1. The normalized spacial score (nSPS) is 10.6. The molecule has 0 saturated carbocycles. The van der Waals surface area contributed by atoms with Gasteiger partial charge in [0.2, 0.25) is 5.91 Å². The molecule has 1 amide bonds. The number of methoxy groups -OCH3 is 1. The Labute approximate surface area is 127 Å². The zero-order valence-corrected chi connectivity index (χ0v) is 12.4. The number of nitrogens with zero attached hydrogens (tertiary/aromatic N) is 1. The highest BCUT2D eigenvalue weighted by molar-refractivity contribution is 5.94. The quantitative estimate of drug-likeness (QED) is 0.802. The number of oxazole rings is 1. The summed E-state index contributed by atoms with van der Waals surface area (Å²) in [6, 6.07) is 11.2. The van der Waals surface area contributed by atoms with Crippen molar-refractivity contribution in [2.75, 3.05) is 12.4 Å². The second-order valence-electron chi connectivity index (χ2n) is 5.08. The lowest BCUT2D eigenvalue weighted by molar-refractivity contribution is -0.115. The van der Waals surface area contributed by atoms with Crippen LogP contribution in [0.1, 0.15) is 11.1 Å². The number of carbonyl (C=O) groups excluding carboxylic acids is 1. The number of rotatable bonds is 4. The average Bonchev–Trinajstić information content (AvgIpc) is 2.95. The predicted octanol–water partition coefficient (Wildman–Crippen LogP) is 3.33. The number of anilines is 1. The van der Waals surface area contributed by atoms with E-state index in [2.05, 4.69) is 10.3 Å². The molecule has 0 atom stereocenters. The standard InChI is InChI=1S/C17H16N2O3/c1-11-3-6-15(21-2)14(7-11)19-17(20)9-12-4-5-13-16(8-12)22-10-18-13/h3-8,10H,9H2,1-2H3,(H,19,20). The van der Waals surface area contributed by atoms with E-state index in [0.717, 1.165) is 16.6 Å². The van der Waals surface area contributed by atoms with Crippen LogP contribution in [0.3, 0.4) is 0 Å². The number of amides is 1. The third-order valence-corrected chi connectivity index (χ3v) is 3.39. The van der Waals surface area contributed by atoms with Gasteiger partial charge in [-0.2, -0.15) is 0 Å². The molecule has 2 aromatic carbocycles. The van der Waals surface area contributed by atoms with Gasteiger partial charge in [0, 0.05) is 0 Å². The van der Waals surface area contributed by atoms with Gasteiger partial charge in [-0.1, -0.05) is 12.1 Å². The van der Waals surface area contributed by atoms with Gasteiger partial charge in [-0.3, -0.25) is 4.79 Å². The van der Waals surface area contributed by atoms with Gasteiger partial charge in [0.1, 0.15) is 11.3 Å². The zero-order valence-electron chi connectivity index (χ0n) is 12.4. The van der Waals surface area contributed by atoms with Crippen LogP contribution in [0.25, 0.3) is 11.1 Å². The molecule has 5 nitrogen and oxygen atoms in total. The highest BCUT2D eigenvalue weighted by Crippen LogP contribution is 2.25. The average molecular weight is 296 g/mol. The summed E-state index contributed by atoms with van der Waals surface area (Å²) in [4.78, 5) is 16.3. The topological polar surface area (TPSA) is 64.4 Å². The van der Waals surface area contributed by atoms with E-state index in [1.807, 2.05) is 43.3 Å². The second-order valence-corrected chi connectivity index (χ2v) is 5.08. The molecule has 5 heteroatoms. The lowest BCUT2D eigenvalue weighted by Crippen LogP contribution is -2.15. The maximum Gasteiger partial charge on any atom is 0.228 e. The third-order valence-electron chi connectivity index (χ3n) is 3.39. The number of ether oxygens (including phenoxy) is 1. The van der Waals surface area contributed by atoms with E-state index in [4.69, 9.17) is 9.15 Å².